The molecule has 3 fully saturated rings. The summed E-state index contributed by atoms with van der Waals surface area (Å²) in [6.45, 7) is 8.30. The molecule has 3 aliphatic heterocycles. The number of azide groups is 2. The molecule has 3 aliphatic rings. The van der Waals surface area contributed by atoms with Crippen molar-refractivity contribution < 1.29 is 52.2 Å². The summed E-state index contributed by atoms with van der Waals surface area (Å²) < 4.78 is 66.3. The highest BCUT2D eigenvalue weighted by molar-refractivity contribution is 5.75. The highest BCUT2D eigenvalue weighted by atomic mass is 16.8. The molecule has 4 aromatic carbocycles. The Hall–Kier alpha value is -5.39. The van der Waals surface area contributed by atoms with Gasteiger partial charge in [-0.2, -0.15) is 0 Å². The normalized spacial score (nSPS) is 31.5. The summed E-state index contributed by atoms with van der Waals surface area (Å²) in [6, 6.07) is 36.8. The molecular weight excluding hydrogens is 873 g/mol. The lowest BCUT2D eigenvalue weighted by Gasteiger charge is -2.50. The molecule has 3 heterocycles. The Morgan fingerprint density at radius 3 is 1.43 bits per heavy atom. The molecule has 0 N–H and O–H groups in total. The summed E-state index contributed by atoms with van der Waals surface area (Å²) in [5, 5.41) is 8.36. The van der Waals surface area contributed by atoms with Gasteiger partial charge in [-0.1, -0.05) is 152 Å². The first-order chi connectivity index (χ1) is 33.3. The third-order valence-electron chi connectivity index (χ3n) is 12.7. The number of carbonyl (C=O) groups excluding carboxylic acids is 1. The molecule has 6 unspecified atom stereocenters. The number of hydrogen-bond donors (Lipinski definition) is 0. The second-order valence-electron chi connectivity index (χ2n) is 17.2. The van der Waals surface area contributed by atoms with Gasteiger partial charge in [0.15, 0.2) is 18.7 Å². The number of benzene rings is 4. The van der Waals surface area contributed by atoms with Gasteiger partial charge in [0.25, 0.3) is 0 Å². The first kappa shape index (κ1) is 50.5. The van der Waals surface area contributed by atoms with E-state index in [2.05, 4.69) is 20.1 Å². The fourth-order valence-corrected chi connectivity index (χ4v) is 9.22. The van der Waals surface area contributed by atoms with Gasteiger partial charge >= 0.3 is 5.97 Å². The SMILES string of the molecule is CCC1O[C@@H](C)C(N=[N+]=[N-])[C@@H](C)[C@@H]1O[C@@H]1OC(C(=O)OC)[C@@H](O[C@H]2OC(CC)[C@H](OCc3ccccc3)[C@@H](OCc3ccccc3)C2N=[N+]=[N-])[C@@H](OCc2ccccc2)C1OCc1ccccc1. The zero-order valence-corrected chi connectivity index (χ0v) is 39.1. The molecule has 17 nitrogen and oxygen atoms in total. The van der Waals surface area contributed by atoms with E-state index in [0.29, 0.717) is 12.8 Å². The minimum absolute atomic E-state index is 0.0648. The third kappa shape index (κ3) is 12.6. The fraction of sp³-hybridized carbons (Fsp3) is 0.510. The lowest BCUT2D eigenvalue weighted by molar-refractivity contribution is -0.364. The van der Waals surface area contributed by atoms with Crippen molar-refractivity contribution in [1.82, 2.24) is 0 Å². The number of carbonyl (C=O) groups is 1. The first-order valence-corrected chi connectivity index (χ1v) is 23.3. The molecule has 15 atom stereocenters. The van der Waals surface area contributed by atoms with Crippen LogP contribution < -0.4 is 0 Å². The van der Waals surface area contributed by atoms with Crippen LogP contribution in [-0.4, -0.2) is 98.8 Å². The molecule has 0 aliphatic carbocycles. The molecule has 68 heavy (non-hydrogen) atoms. The quantitative estimate of drug-likeness (QED) is 0.0333. The van der Waals surface area contributed by atoms with Gasteiger partial charge in [-0.05, 0) is 59.0 Å². The average molecular weight is 935 g/mol. The van der Waals surface area contributed by atoms with Crippen molar-refractivity contribution in [1.29, 1.82) is 0 Å². The van der Waals surface area contributed by atoms with Crippen molar-refractivity contribution in [3.05, 3.63) is 164 Å². The molecule has 0 amide bonds. The highest BCUT2D eigenvalue weighted by Crippen LogP contribution is 2.40. The van der Waals surface area contributed by atoms with Crippen LogP contribution in [0.5, 0.6) is 0 Å². The van der Waals surface area contributed by atoms with Crippen molar-refractivity contribution in [2.24, 2.45) is 16.1 Å². The maximum atomic E-state index is 14.2. The van der Waals surface area contributed by atoms with Crippen LogP contribution >= 0.6 is 0 Å². The van der Waals surface area contributed by atoms with E-state index in [0.717, 1.165) is 22.3 Å². The molecule has 0 spiro atoms. The van der Waals surface area contributed by atoms with Crippen LogP contribution in [0.3, 0.4) is 0 Å². The van der Waals surface area contributed by atoms with Crippen molar-refractivity contribution >= 4 is 5.97 Å². The zero-order chi connectivity index (χ0) is 47.8. The lowest BCUT2D eigenvalue weighted by Crippen LogP contribution is -2.67. The number of nitrogens with zero attached hydrogens (tertiary/aromatic N) is 6. The topological polar surface area (TPSA) is 207 Å². The molecule has 0 bridgehead atoms. The molecule has 0 aromatic heterocycles. The molecule has 4 aromatic rings. The molecule has 17 heteroatoms. The molecule has 362 valence electrons. The summed E-state index contributed by atoms with van der Waals surface area (Å²) in [4.78, 5) is 20.6. The Morgan fingerprint density at radius 1 is 0.529 bits per heavy atom. The standard InChI is InChI=1S/C51H62N6O11/c1-6-38-42(32(3)40(54-56-52)33(4)64-38)66-51-48(63-31-37-26-18-11-19-27-37)45(62-30-36-24-16-10-17-25-36)46(47(68-51)49(58)59-5)67-50-41(55-57-53)44(61-29-35-22-14-9-15-23-35)43(39(7-2)65-50)60-28-34-20-12-8-13-21-34/h8-27,32-33,38-48,50-51H,6-7,28-31H2,1-5H3/t32-,33+,38?,39?,40?,41?,42+,43+,44+,45-,46+,47?,48?,50-,51-/m1/s1. The van der Waals surface area contributed by atoms with Crippen LogP contribution in [0.1, 0.15) is 62.8 Å². The smallest absolute Gasteiger partial charge is 0.337 e. The monoisotopic (exact) mass is 934 g/mol. The fourth-order valence-electron chi connectivity index (χ4n) is 9.22. The summed E-state index contributed by atoms with van der Waals surface area (Å²) in [7, 11) is 1.25. The highest BCUT2D eigenvalue weighted by Gasteiger charge is 2.57. The summed E-state index contributed by atoms with van der Waals surface area (Å²) in [5.41, 5.74) is 23.2. The maximum Gasteiger partial charge on any atom is 0.337 e. The van der Waals surface area contributed by atoms with E-state index in [1.807, 2.05) is 149 Å². The van der Waals surface area contributed by atoms with E-state index < -0.39 is 85.6 Å². The van der Waals surface area contributed by atoms with Gasteiger partial charge in [-0.15, -0.1) is 0 Å². The van der Waals surface area contributed by atoms with Gasteiger partial charge in [-0.3, -0.25) is 0 Å². The predicted octanol–water partition coefficient (Wildman–Crippen LogP) is 9.32. The summed E-state index contributed by atoms with van der Waals surface area (Å²) >= 11 is 0. The number of methoxy groups -OCH3 is 1. The second kappa shape index (κ2) is 25.3. The number of hydrogen-bond acceptors (Lipinski definition) is 13. The first-order valence-electron chi connectivity index (χ1n) is 23.3. The minimum atomic E-state index is -1.50. The summed E-state index contributed by atoms with van der Waals surface area (Å²) in [6.07, 6.45) is -10.4. The Labute approximate surface area is 397 Å². The average Bonchev–Trinajstić information content (AvgIpc) is 3.38. The maximum absolute atomic E-state index is 14.2. The van der Waals surface area contributed by atoms with Crippen LogP contribution in [-0.2, 0) is 78.6 Å². The van der Waals surface area contributed by atoms with Gasteiger partial charge in [0.05, 0.1) is 64.0 Å². The Bertz CT molecular complexity index is 2240. The van der Waals surface area contributed by atoms with Crippen LogP contribution in [0, 0.1) is 5.92 Å². The van der Waals surface area contributed by atoms with Gasteiger partial charge < -0.3 is 47.4 Å². The van der Waals surface area contributed by atoms with Gasteiger partial charge in [0, 0.05) is 9.82 Å². The van der Waals surface area contributed by atoms with E-state index >= 15 is 0 Å². The van der Waals surface area contributed by atoms with E-state index in [9.17, 15) is 15.9 Å². The van der Waals surface area contributed by atoms with Crippen LogP contribution in [0.2, 0.25) is 0 Å². The van der Waals surface area contributed by atoms with Gasteiger partial charge in [0.1, 0.15) is 36.6 Å². The van der Waals surface area contributed by atoms with Gasteiger partial charge in [-0.25, -0.2) is 4.79 Å². The minimum Gasteiger partial charge on any atom is -0.467 e. The van der Waals surface area contributed by atoms with Crippen molar-refractivity contribution in [3.8, 4) is 0 Å². The molecular formula is C51H62N6O11. The number of ether oxygens (including phenoxy) is 10. The third-order valence-corrected chi connectivity index (χ3v) is 12.7. The predicted molar refractivity (Wildman–Crippen MR) is 249 cm³/mol. The second-order valence-corrected chi connectivity index (χ2v) is 17.2. The number of rotatable bonds is 21. The van der Waals surface area contributed by atoms with E-state index in [1.54, 1.807) is 0 Å². The van der Waals surface area contributed by atoms with Crippen LogP contribution in [0.4, 0.5) is 0 Å². The number of esters is 1. The molecule has 3 saturated heterocycles. The van der Waals surface area contributed by atoms with Crippen molar-refractivity contribution in [2.45, 2.75) is 153 Å². The van der Waals surface area contributed by atoms with E-state index in [-0.39, 0.29) is 38.4 Å². The van der Waals surface area contributed by atoms with Crippen molar-refractivity contribution in [2.75, 3.05) is 7.11 Å². The molecule has 0 radical (unpaired) electrons. The van der Waals surface area contributed by atoms with Gasteiger partial charge in [0.2, 0.25) is 0 Å². The van der Waals surface area contributed by atoms with E-state index in [1.165, 1.54) is 7.11 Å². The zero-order valence-electron chi connectivity index (χ0n) is 39.1. The molecule has 7 rings (SSSR count). The van der Waals surface area contributed by atoms with Crippen molar-refractivity contribution in [3.63, 3.8) is 0 Å². The van der Waals surface area contributed by atoms with E-state index in [4.69, 9.17) is 47.4 Å². The Morgan fingerprint density at radius 2 is 0.956 bits per heavy atom. The lowest BCUT2D eigenvalue weighted by atomic mass is 9.85. The van der Waals surface area contributed by atoms with Crippen LogP contribution in [0.25, 0.3) is 20.9 Å². The summed E-state index contributed by atoms with van der Waals surface area (Å²) in [5.74, 6) is -1.13. The Balaban J connectivity index is 1.29. The Kier molecular flexibility index (Phi) is 18.8. The largest absolute Gasteiger partial charge is 0.467 e. The van der Waals surface area contributed by atoms with Crippen LogP contribution in [0.15, 0.2) is 132 Å². The molecule has 0 saturated carbocycles.